The van der Waals surface area contributed by atoms with Crippen LogP contribution in [0.3, 0.4) is 0 Å². The van der Waals surface area contributed by atoms with Crippen LogP contribution in [0.2, 0.25) is 0 Å². The van der Waals surface area contributed by atoms with Gasteiger partial charge in [-0.15, -0.1) is 5.10 Å². The van der Waals surface area contributed by atoms with E-state index in [9.17, 15) is 9.59 Å². The molecule has 2 aliphatic carbocycles. The average molecular weight is 453 g/mol. The first kappa shape index (κ1) is 23.2. The van der Waals surface area contributed by atoms with Gasteiger partial charge in [0, 0.05) is 36.8 Å². The number of ketones is 1. The Balaban J connectivity index is 1.34. The number of aromatic nitrogens is 2. The second kappa shape index (κ2) is 9.46. The molecule has 10 heteroatoms. The molecule has 1 spiro atoms. The number of hydrogen-bond donors (Lipinski definition) is 3. The number of carbonyl (C=O) groups is 2. The van der Waals surface area contributed by atoms with Gasteiger partial charge in [0.05, 0.1) is 11.1 Å². The van der Waals surface area contributed by atoms with Gasteiger partial charge < -0.3 is 10.2 Å². The SMILES string of the molecule is CC1=C(N2CC[C@]3(CC[C@@H](NCc4nnc(N(C=N)N=N)cc4C)CC3)C2=O)CCCC1=O. The molecule has 2 fully saturated rings. The second-order valence-corrected chi connectivity index (χ2v) is 9.40. The van der Waals surface area contributed by atoms with Crippen molar-refractivity contribution in [3.8, 4) is 0 Å². The van der Waals surface area contributed by atoms with E-state index in [2.05, 4.69) is 20.7 Å². The van der Waals surface area contributed by atoms with Crippen LogP contribution < -0.4 is 10.3 Å². The molecule has 2 heterocycles. The average Bonchev–Trinajstić information content (AvgIpc) is 3.12. The number of nitrogens with zero attached hydrogens (tertiary/aromatic N) is 5. The molecule has 176 valence electrons. The summed E-state index contributed by atoms with van der Waals surface area (Å²) in [6, 6.07) is 2.08. The van der Waals surface area contributed by atoms with Crippen LogP contribution in [-0.4, -0.2) is 45.7 Å². The molecule has 1 saturated carbocycles. The molecule has 0 radical (unpaired) electrons. The van der Waals surface area contributed by atoms with E-state index in [0.29, 0.717) is 24.8 Å². The Kier molecular flexibility index (Phi) is 6.64. The number of allylic oxidation sites excluding steroid dienone is 2. The molecule has 1 aliphatic heterocycles. The van der Waals surface area contributed by atoms with Crippen molar-refractivity contribution in [2.45, 2.75) is 77.8 Å². The van der Waals surface area contributed by atoms with Crippen molar-refractivity contribution >= 4 is 23.8 Å². The molecular weight excluding hydrogens is 420 g/mol. The fraction of sp³-hybridized carbons (Fsp3) is 0.609. The van der Waals surface area contributed by atoms with Crippen LogP contribution in [0.5, 0.6) is 0 Å². The van der Waals surface area contributed by atoms with Crippen molar-refractivity contribution in [2.75, 3.05) is 11.6 Å². The third-order valence-corrected chi connectivity index (χ3v) is 7.55. The molecule has 1 amide bonds. The van der Waals surface area contributed by atoms with E-state index in [1.165, 1.54) is 0 Å². The van der Waals surface area contributed by atoms with Gasteiger partial charge in [0.2, 0.25) is 5.91 Å². The Morgan fingerprint density at radius 1 is 1.24 bits per heavy atom. The molecule has 0 aromatic carbocycles. The van der Waals surface area contributed by atoms with Crippen LogP contribution in [0.1, 0.15) is 69.5 Å². The first-order chi connectivity index (χ1) is 15.9. The van der Waals surface area contributed by atoms with Gasteiger partial charge in [0.25, 0.3) is 0 Å². The summed E-state index contributed by atoms with van der Waals surface area (Å²) in [7, 11) is 0. The molecule has 33 heavy (non-hydrogen) atoms. The third-order valence-electron chi connectivity index (χ3n) is 7.55. The highest BCUT2D eigenvalue weighted by atomic mass is 16.2. The fourth-order valence-corrected chi connectivity index (χ4v) is 5.38. The zero-order valence-electron chi connectivity index (χ0n) is 19.4. The number of anilines is 1. The number of rotatable bonds is 7. The Bertz CT molecular complexity index is 988. The van der Waals surface area contributed by atoms with Gasteiger partial charge in [-0.2, -0.15) is 15.6 Å². The lowest BCUT2D eigenvalue weighted by atomic mass is 9.71. The predicted octanol–water partition coefficient (Wildman–Crippen LogP) is 3.42. The van der Waals surface area contributed by atoms with Crippen LogP contribution in [0.4, 0.5) is 5.82 Å². The summed E-state index contributed by atoms with van der Waals surface area (Å²) in [5, 5.41) is 23.4. The maximum Gasteiger partial charge on any atom is 0.233 e. The first-order valence-electron chi connectivity index (χ1n) is 11.7. The van der Waals surface area contributed by atoms with Crippen LogP contribution in [0.25, 0.3) is 0 Å². The number of carbonyl (C=O) groups excluding carboxylic acids is 2. The van der Waals surface area contributed by atoms with Gasteiger partial charge in [-0.25, -0.2) is 0 Å². The van der Waals surface area contributed by atoms with Crippen molar-refractivity contribution < 1.29 is 9.59 Å². The summed E-state index contributed by atoms with van der Waals surface area (Å²) in [6.45, 7) is 5.11. The maximum absolute atomic E-state index is 13.4. The fourth-order valence-electron chi connectivity index (χ4n) is 5.38. The molecule has 1 saturated heterocycles. The van der Waals surface area contributed by atoms with Gasteiger partial charge >= 0.3 is 0 Å². The molecule has 3 N–H and O–H groups in total. The highest BCUT2D eigenvalue weighted by Gasteiger charge is 2.49. The lowest BCUT2D eigenvalue weighted by Gasteiger charge is -2.36. The van der Waals surface area contributed by atoms with Crippen molar-refractivity contribution in [3.63, 3.8) is 0 Å². The molecule has 0 bridgehead atoms. The van der Waals surface area contributed by atoms with E-state index in [0.717, 1.165) is 85.4 Å². The molecule has 10 nitrogen and oxygen atoms in total. The molecule has 1 aromatic heterocycles. The number of likely N-dealkylation sites (tertiary alicyclic amines) is 1. The smallest absolute Gasteiger partial charge is 0.233 e. The number of Topliss-reactive ketones (excluding diaryl/α,β-unsaturated/α-hetero) is 1. The van der Waals surface area contributed by atoms with Crippen molar-refractivity contribution in [1.29, 1.82) is 10.9 Å². The Hall–Kier alpha value is -3.01. The minimum absolute atomic E-state index is 0.184. The van der Waals surface area contributed by atoms with E-state index in [1.54, 1.807) is 6.07 Å². The predicted molar refractivity (Wildman–Crippen MR) is 123 cm³/mol. The summed E-state index contributed by atoms with van der Waals surface area (Å²) in [4.78, 5) is 27.5. The van der Waals surface area contributed by atoms with E-state index < -0.39 is 0 Å². The molecule has 3 aliphatic rings. The normalized spacial score (nSPS) is 25.6. The van der Waals surface area contributed by atoms with Crippen LogP contribution >= 0.6 is 0 Å². The number of nitrogens with one attached hydrogen (secondary N) is 3. The number of aryl methyl sites for hydroxylation is 1. The highest BCUT2D eigenvalue weighted by Crippen LogP contribution is 2.47. The molecular formula is C23H32N8O2. The van der Waals surface area contributed by atoms with Gasteiger partial charge in [0.15, 0.2) is 11.6 Å². The summed E-state index contributed by atoms with van der Waals surface area (Å²) in [6.07, 6.45) is 7.66. The van der Waals surface area contributed by atoms with Gasteiger partial charge in [0.1, 0.15) is 6.34 Å². The Morgan fingerprint density at radius 3 is 2.67 bits per heavy atom. The molecule has 0 atom stereocenters. The summed E-state index contributed by atoms with van der Waals surface area (Å²) in [5.74, 6) is 0.747. The topological polar surface area (TPSA) is 138 Å². The van der Waals surface area contributed by atoms with Gasteiger partial charge in [-0.3, -0.25) is 15.0 Å². The van der Waals surface area contributed by atoms with Crippen LogP contribution in [-0.2, 0) is 16.1 Å². The molecule has 1 aromatic rings. The van der Waals surface area contributed by atoms with Crippen LogP contribution in [0, 0.1) is 23.3 Å². The first-order valence-corrected chi connectivity index (χ1v) is 11.7. The second-order valence-electron chi connectivity index (χ2n) is 9.40. The van der Waals surface area contributed by atoms with E-state index in [4.69, 9.17) is 10.9 Å². The molecule has 4 rings (SSSR count). The Morgan fingerprint density at radius 2 is 2.00 bits per heavy atom. The number of hydrogen-bond acceptors (Lipinski definition) is 8. The van der Waals surface area contributed by atoms with Gasteiger partial charge in [-0.1, -0.05) is 5.22 Å². The number of amides is 1. The highest BCUT2D eigenvalue weighted by molar-refractivity contribution is 5.97. The lowest BCUT2D eigenvalue weighted by Crippen LogP contribution is -2.42. The van der Waals surface area contributed by atoms with Crippen molar-refractivity contribution in [1.82, 2.24) is 20.4 Å². The quantitative estimate of drug-likeness (QED) is 0.251. The third kappa shape index (κ3) is 4.44. The van der Waals surface area contributed by atoms with Crippen molar-refractivity contribution in [2.24, 2.45) is 10.6 Å². The van der Waals surface area contributed by atoms with Crippen molar-refractivity contribution in [3.05, 3.63) is 28.6 Å². The Labute approximate surface area is 193 Å². The summed E-state index contributed by atoms with van der Waals surface area (Å²) >= 11 is 0. The zero-order valence-corrected chi connectivity index (χ0v) is 19.4. The van der Waals surface area contributed by atoms with E-state index >= 15 is 0 Å². The maximum atomic E-state index is 13.4. The standard InChI is InChI=1S/C23H32N8O2/c1-15-12-21(31(14-24)29-25)28-27-18(15)13-26-17-6-8-23(9-7-17)10-11-30(22(23)33)19-4-3-5-20(32)16(19)2/h12,14,17,24-26H,3-11,13H2,1-2H3/t17-,23-. The largest absolute Gasteiger partial charge is 0.315 e. The minimum Gasteiger partial charge on any atom is -0.315 e. The monoisotopic (exact) mass is 452 g/mol. The van der Waals surface area contributed by atoms with Gasteiger partial charge in [-0.05, 0) is 70.4 Å². The minimum atomic E-state index is -0.278. The van der Waals surface area contributed by atoms with E-state index in [-0.39, 0.29) is 17.1 Å². The summed E-state index contributed by atoms with van der Waals surface area (Å²) < 4.78 is 0. The van der Waals surface area contributed by atoms with Crippen LogP contribution in [0.15, 0.2) is 22.6 Å². The molecule has 0 unspecified atom stereocenters. The van der Waals surface area contributed by atoms with E-state index in [1.807, 2.05) is 18.7 Å². The summed E-state index contributed by atoms with van der Waals surface area (Å²) in [5.41, 5.74) is 10.3. The zero-order chi connectivity index (χ0) is 23.6. The lowest BCUT2D eigenvalue weighted by molar-refractivity contribution is -0.136.